The molecular formula is C9H11ClO3S. The largest absolute Gasteiger partial charge is 0.297 e. The zero-order valence-electron chi connectivity index (χ0n) is 7.73. The molecule has 5 heteroatoms. The van der Waals surface area contributed by atoms with Gasteiger partial charge < -0.3 is 0 Å². The standard InChI is InChI=1S/C9H11ClO3S/c1-8-4-2-3-5-9(8)14(11,12)13-7-6-10/h2-5H,6-7H2,1H3. The third-order valence-corrected chi connectivity index (χ3v) is 3.31. The van der Waals surface area contributed by atoms with Crippen LogP contribution in [0.3, 0.4) is 0 Å². The summed E-state index contributed by atoms with van der Waals surface area (Å²) >= 11 is 5.35. The van der Waals surface area contributed by atoms with E-state index in [1.54, 1.807) is 25.1 Å². The SMILES string of the molecule is Cc1ccccc1S(=O)(=O)OCCCl. The fraction of sp³-hybridized carbons (Fsp3) is 0.333. The molecule has 0 saturated heterocycles. The lowest BCUT2D eigenvalue weighted by molar-refractivity contribution is 0.340. The average molecular weight is 235 g/mol. The van der Waals surface area contributed by atoms with Gasteiger partial charge >= 0.3 is 0 Å². The summed E-state index contributed by atoms with van der Waals surface area (Å²) in [5, 5.41) is 0. The summed E-state index contributed by atoms with van der Waals surface area (Å²) in [5.41, 5.74) is 0.669. The molecule has 0 bridgehead atoms. The van der Waals surface area contributed by atoms with E-state index in [-0.39, 0.29) is 17.4 Å². The van der Waals surface area contributed by atoms with Gasteiger partial charge in [-0.2, -0.15) is 8.42 Å². The molecule has 0 heterocycles. The highest BCUT2D eigenvalue weighted by Gasteiger charge is 2.16. The summed E-state index contributed by atoms with van der Waals surface area (Å²) in [6.45, 7) is 1.72. The lowest BCUT2D eigenvalue weighted by atomic mass is 10.2. The molecule has 1 rings (SSSR count). The lowest BCUT2D eigenvalue weighted by Gasteiger charge is -2.06. The van der Waals surface area contributed by atoms with Crippen molar-refractivity contribution in [3.05, 3.63) is 29.8 Å². The van der Waals surface area contributed by atoms with E-state index in [0.717, 1.165) is 0 Å². The van der Waals surface area contributed by atoms with Gasteiger partial charge in [-0.05, 0) is 18.6 Å². The minimum Gasteiger partial charge on any atom is -0.265 e. The number of halogens is 1. The van der Waals surface area contributed by atoms with Gasteiger partial charge in [-0.15, -0.1) is 11.6 Å². The molecule has 0 amide bonds. The Morgan fingerprint density at radius 2 is 2.00 bits per heavy atom. The molecule has 3 nitrogen and oxygen atoms in total. The van der Waals surface area contributed by atoms with Crippen LogP contribution in [0.1, 0.15) is 5.56 Å². The molecule has 78 valence electrons. The summed E-state index contributed by atoms with van der Waals surface area (Å²) in [6, 6.07) is 6.66. The maximum absolute atomic E-state index is 11.5. The van der Waals surface area contributed by atoms with E-state index < -0.39 is 10.1 Å². The van der Waals surface area contributed by atoms with Gasteiger partial charge in [-0.1, -0.05) is 18.2 Å². The first kappa shape index (κ1) is 11.5. The van der Waals surface area contributed by atoms with Crippen molar-refractivity contribution in [1.82, 2.24) is 0 Å². The maximum atomic E-state index is 11.5. The van der Waals surface area contributed by atoms with Gasteiger partial charge in [0.25, 0.3) is 10.1 Å². The molecule has 0 aromatic heterocycles. The zero-order valence-corrected chi connectivity index (χ0v) is 9.31. The third-order valence-electron chi connectivity index (χ3n) is 1.68. The van der Waals surface area contributed by atoms with E-state index in [1.165, 1.54) is 6.07 Å². The number of rotatable bonds is 4. The first-order chi connectivity index (χ1) is 6.58. The van der Waals surface area contributed by atoms with Gasteiger partial charge in [-0.3, -0.25) is 4.18 Å². The molecule has 0 aliphatic rings. The quantitative estimate of drug-likeness (QED) is 0.591. The van der Waals surface area contributed by atoms with Crippen LogP contribution in [0.15, 0.2) is 29.2 Å². The summed E-state index contributed by atoms with van der Waals surface area (Å²) in [5.74, 6) is 0.158. The van der Waals surface area contributed by atoms with Crippen molar-refractivity contribution in [2.75, 3.05) is 12.5 Å². The minimum atomic E-state index is -3.64. The van der Waals surface area contributed by atoms with Crippen LogP contribution < -0.4 is 0 Å². The van der Waals surface area contributed by atoms with Crippen LogP contribution in [0.5, 0.6) is 0 Å². The molecule has 14 heavy (non-hydrogen) atoms. The van der Waals surface area contributed by atoms with E-state index in [2.05, 4.69) is 4.18 Å². The van der Waals surface area contributed by atoms with Crippen LogP contribution >= 0.6 is 11.6 Å². The Hall–Kier alpha value is -0.580. The van der Waals surface area contributed by atoms with Gasteiger partial charge in [0.15, 0.2) is 0 Å². The van der Waals surface area contributed by atoms with E-state index in [1.807, 2.05) is 0 Å². The third kappa shape index (κ3) is 2.70. The Morgan fingerprint density at radius 1 is 1.36 bits per heavy atom. The van der Waals surface area contributed by atoms with Crippen molar-refractivity contribution in [2.45, 2.75) is 11.8 Å². The molecule has 0 saturated carbocycles. The molecule has 0 aliphatic heterocycles. The normalized spacial score (nSPS) is 11.6. The van der Waals surface area contributed by atoms with E-state index in [9.17, 15) is 8.42 Å². The summed E-state index contributed by atoms with van der Waals surface area (Å²) in [4.78, 5) is 0.199. The van der Waals surface area contributed by atoms with E-state index >= 15 is 0 Å². The minimum absolute atomic E-state index is 0.00176. The van der Waals surface area contributed by atoms with E-state index in [0.29, 0.717) is 5.56 Å². The highest BCUT2D eigenvalue weighted by Crippen LogP contribution is 2.16. The first-order valence-corrected chi connectivity index (χ1v) is 6.03. The fourth-order valence-electron chi connectivity index (χ4n) is 1.04. The number of aryl methyl sites for hydroxylation is 1. The number of hydrogen-bond acceptors (Lipinski definition) is 3. The Morgan fingerprint density at radius 3 is 2.57 bits per heavy atom. The molecule has 0 N–H and O–H groups in total. The highest BCUT2D eigenvalue weighted by molar-refractivity contribution is 7.86. The second kappa shape index (κ2) is 4.77. The molecular weight excluding hydrogens is 224 g/mol. The molecule has 0 fully saturated rings. The highest BCUT2D eigenvalue weighted by atomic mass is 35.5. The van der Waals surface area contributed by atoms with Gasteiger partial charge in [0.2, 0.25) is 0 Å². The fourth-order valence-corrected chi connectivity index (χ4v) is 2.35. The van der Waals surface area contributed by atoms with E-state index in [4.69, 9.17) is 11.6 Å². The van der Waals surface area contributed by atoms with Crippen LogP contribution in [0.4, 0.5) is 0 Å². The van der Waals surface area contributed by atoms with Crippen LogP contribution in [0, 0.1) is 6.92 Å². The van der Waals surface area contributed by atoms with Crippen molar-refractivity contribution < 1.29 is 12.6 Å². The maximum Gasteiger partial charge on any atom is 0.297 e. The average Bonchev–Trinajstić information content (AvgIpc) is 2.15. The number of benzene rings is 1. The topological polar surface area (TPSA) is 43.4 Å². The molecule has 1 aromatic carbocycles. The smallest absolute Gasteiger partial charge is 0.265 e. The number of alkyl halides is 1. The second-order valence-corrected chi connectivity index (χ2v) is 4.69. The molecule has 0 radical (unpaired) electrons. The van der Waals surface area contributed by atoms with Gasteiger partial charge in [0.05, 0.1) is 11.5 Å². The Kier molecular flexibility index (Phi) is 3.92. The predicted octanol–water partition coefficient (Wildman–Crippen LogP) is 1.94. The van der Waals surface area contributed by atoms with Gasteiger partial charge in [0.1, 0.15) is 0 Å². The summed E-state index contributed by atoms with van der Waals surface area (Å²) in [6.07, 6.45) is 0. The molecule has 0 unspecified atom stereocenters. The van der Waals surface area contributed by atoms with Gasteiger partial charge in [0, 0.05) is 5.88 Å². The zero-order chi connectivity index (χ0) is 10.6. The molecule has 1 aromatic rings. The molecule has 0 aliphatic carbocycles. The van der Waals surface area contributed by atoms with Crippen molar-refractivity contribution in [3.63, 3.8) is 0 Å². The van der Waals surface area contributed by atoms with Crippen LogP contribution in [0.2, 0.25) is 0 Å². The van der Waals surface area contributed by atoms with Crippen LogP contribution in [-0.2, 0) is 14.3 Å². The van der Waals surface area contributed by atoms with Crippen molar-refractivity contribution in [3.8, 4) is 0 Å². The summed E-state index contributed by atoms with van der Waals surface area (Å²) in [7, 11) is -3.64. The second-order valence-electron chi connectivity index (χ2n) is 2.73. The summed E-state index contributed by atoms with van der Waals surface area (Å²) < 4.78 is 27.7. The Labute approximate surface area is 88.8 Å². The lowest BCUT2D eigenvalue weighted by Crippen LogP contribution is -2.09. The first-order valence-electron chi connectivity index (χ1n) is 4.09. The monoisotopic (exact) mass is 234 g/mol. The van der Waals surface area contributed by atoms with Crippen molar-refractivity contribution in [2.24, 2.45) is 0 Å². The Balaban J connectivity index is 2.99. The van der Waals surface area contributed by atoms with Crippen molar-refractivity contribution in [1.29, 1.82) is 0 Å². The predicted molar refractivity (Wildman–Crippen MR) is 55.0 cm³/mol. The van der Waals surface area contributed by atoms with Crippen LogP contribution in [0.25, 0.3) is 0 Å². The Bertz CT molecular complexity index is 400. The molecule has 0 atom stereocenters. The van der Waals surface area contributed by atoms with Gasteiger partial charge in [-0.25, -0.2) is 0 Å². The molecule has 0 spiro atoms. The van der Waals surface area contributed by atoms with Crippen molar-refractivity contribution >= 4 is 21.7 Å². The number of hydrogen-bond donors (Lipinski definition) is 0. The van der Waals surface area contributed by atoms with Crippen LogP contribution in [-0.4, -0.2) is 20.9 Å².